The van der Waals surface area contributed by atoms with Crippen LogP contribution in [0.25, 0.3) is 0 Å². The maximum Gasteiger partial charge on any atom is 0.292 e. The van der Waals surface area contributed by atoms with Crippen molar-refractivity contribution in [3.63, 3.8) is 0 Å². The number of ketones is 1. The molecule has 2 aromatic carbocycles. The van der Waals surface area contributed by atoms with Crippen LogP contribution < -0.4 is 5.32 Å². The molecule has 30 heavy (non-hydrogen) atoms. The van der Waals surface area contributed by atoms with E-state index in [2.05, 4.69) is 9.71 Å². The molecule has 1 heterocycles. The molecule has 1 aliphatic rings. The summed E-state index contributed by atoms with van der Waals surface area (Å²) in [5.41, 5.74) is 5.44. The minimum atomic E-state index is -3.87. The number of benzene rings is 2. The van der Waals surface area contributed by atoms with Gasteiger partial charge in [0.2, 0.25) is 5.78 Å². The first-order chi connectivity index (χ1) is 14.3. The van der Waals surface area contributed by atoms with Crippen LogP contribution >= 0.6 is 11.3 Å². The van der Waals surface area contributed by atoms with Crippen molar-refractivity contribution in [2.45, 2.75) is 25.0 Å². The second kappa shape index (κ2) is 7.66. The third-order valence-electron chi connectivity index (χ3n) is 4.88. The quantitative estimate of drug-likeness (QED) is 0.621. The van der Waals surface area contributed by atoms with Crippen LogP contribution in [-0.4, -0.2) is 19.9 Å². The maximum atomic E-state index is 13.1. The number of Topliss-reactive ketones (excluding diaryl/α,β-unsaturated/α-hetero) is 1. The Balaban J connectivity index is 1.84. The molecule has 0 unspecified atom stereocenters. The molecule has 1 aromatic heterocycles. The second-order valence-electron chi connectivity index (χ2n) is 7.22. The van der Waals surface area contributed by atoms with Crippen molar-refractivity contribution in [1.29, 1.82) is 0 Å². The van der Waals surface area contributed by atoms with E-state index in [1.165, 1.54) is 12.1 Å². The summed E-state index contributed by atoms with van der Waals surface area (Å²) >= 11 is 1.11. The molecule has 1 N–H and O–H groups in total. The maximum absolute atomic E-state index is 13.1. The van der Waals surface area contributed by atoms with E-state index < -0.39 is 10.0 Å². The summed E-state index contributed by atoms with van der Waals surface area (Å²) < 4.78 is 29.7. The lowest BCUT2D eigenvalue weighted by atomic mass is 9.92. The van der Waals surface area contributed by atoms with Gasteiger partial charge in [-0.2, -0.15) is 12.8 Å². The molecule has 0 atom stereocenters. The van der Waals surface area contributed by atoms with Crippen LogP contribution in [0.2, 0.25) is 0 Å². The molecule has 5 nitrogen and oxygen atoms in total. The number of anilines is 1. The molecule has 4 rings (SSSR count). The molecular weight excluding hydrogens is 416 g/mol. The first-order valence-electron chi connectivity index (χ1n) is 9.35. The van der Waals surface area contributed by atoms with Gasteiger partial charge in [-0.15, -0.1) is 11.3 Å². The van der Waals surface area contributed by atoms with Gasteiger partial charge < -0.3 is 5.32 Å². The Labute approximate surface area is 179 Å². The van der Waals surface area contributed by atoms with E-state index in [0.717, 1.165) is 33.7 Å². The number of hydrogen-bond donors (Lipinski definition) is 1. The van der Waals surface area contributed by atoms with Gasteiger partial charge in [0.15, 0.2) is 0 Å². The molecular formula is C23H20N2O3S2. The van der Waals surface area contributed by atoms with E-state index in [9.17, 15) is 13.2 Å². The van der Waals surface area contributed by atoms with Gasteiger partial charge in [-0.1, -0.05) is 48.0 Å². The molecule has 0 saturated heterocycles. The first kappa shape index (κ1) is 20.3. The van der Waals surface area contributed by atoms with Crippen LogP contribution in [0.3, 0.4) is 0 Å². The Morgan fingerprint density at radius 3 is 2.23 bits per heavy atom. The molecule has 7 heteroatoms. The van der Waals surface area contributed by atoms with Gasteiger partial charge in [0.25, 0.3) is 10.0 Å². The number of sulfonamides is 1. The minimum absolute atomic E-state index is 0.164. The van der Waals surface area contributed by atoms with E-state index in [4.69, 9.17) is 0 Å². The highest BCUT2D eigenvalue weighted by Crippen LogP contribution is 2.29. The molecule has 0 bridgehead atoms. The smallest absolute Gasteiger partial charge is 0.292 e. The highest BCUT2D eigenvalue weighted by atomic mass is 32.2. The second-order valence-corrected chi connectivity index (χ2v) is 9.99. The molecule has 0 spiro atoms. The number of rotatable bonds is 4. The Bertz CT molecular complexity index is 1300. The van der Waals surface area contributed by atoms with Gasteiger partial charge in [-0.25, -0.2) is 0 Å². The lowest BCUT2D eigenvalue weighted by molar-refractivity contribution is 0.103. The molecule has 0 amide bonds. The van der Waals surface area contributed by atoms with Crippen LogP contribution in [0.1, 0.15) is 32.6 Å². The predicted molar refractivity (Wildman–Crippen MR) is 121 cm³/mol. The number of carbonyl (C=O) groups excluding carboxylic acids is 1. The zero-order valence-corrected chi connectivity index (χ0v) is 18.4. The lowest BCUT2D eigenvalue weighted by Gasteiger charge is -2.21. The number of aryl methyl sites for hydroxylation is 3. The standard InChI is InChI=1S/C23H20N2O3S2/c1-14-11-15(2)22(16(3)12-14)24-20-13-19(17-7-4-5-8-18(17)23(20)26)25-30(27,28)21-9-6-10-29-21/h4-13,24H,1-3H3. The van der Waals surface area contributed by atoms with E-state index in [1.54, 1.807) is 35.7 Å². The summed E-state index contributed by atoms with van der Waals surface area (Å²) in [6, 6.07) is 14.2. The Kier molecular flexibility index (Phi) is 5.17. The van der Waals surface area contributed by atoms with Gasteiger partial charge in [-0.3, -0.25) is 4.79 Å². The third-order valence-corrected chi connectivity index (χ3v) is 7.54. The Morgan fingerprint density at radius 1 is 0.933 bits per heavy atom. The Hall–Kier alpha value is -3.03. The van der Waals surface area contributed by atoms with Crippen molar-refractivity contribution >= 4 is 38.5 Å². The van der Waals surface area contributed by atoms with Gasteiger partial charge in [0.1, 0.15) is 4.21 Å². The largest absolute Gasteiger partial charge is 0.352 e. The van der Waals surface area contributed by atoms with E-state index >= 15 is 0 Å². The number of fused-ring (bicyclic) bond motifs is 1. The molecule has 3 aromatic rings. The van der Waals surface area contributed by atoms with E-state index in [1.807, 2.05) is 32.9 Å². The van der Waals surface area contributed by atoms with Crippen LogP contribution in [0.5, 0.6) is 0 Å². The van der Waals surface area contributed by atoms with Gasteiger partial charge in [-0.05, 0) is 49.4 Å². The highest BCUT2D eigenvalue weighted by Gasteiger charge is 2.27. The molecule has 0 aliphatic heterocycles. The van der Waals surface area contributed by atoms with Gasteiger partial charge in [0.05, 0.1) is 11.4 Å². The number of allylic oxidation sites excluding steroid dienone is 2. The summed E-state index contributed by atoms with van der Waals surface area (Å²) in [6.07, 6.45) is 1.52. The summed E-state index contributed by atoms with van der Waals surface area (Å²) in [6.45, 7) is 5.96. The SMILES string of the molecule is Cc1cc(C)c(NC2=CC(=NS(=O)(=O)c3cccs3)c3ccccc3C2=O)c(C)c1. The van der Waals surface area contributed by atoms with E-state index in [0.29, 0.717) is 16.8 Å². The monoisotopic (exact) mass is 436 g/mol. The summed E-state index contributed by atoms with van der Waals surface area (Å²) in [4.78, 5) is 13.1. The predicted octanol–water partition coefficient (Wildman–Crippen LogP) is 5.04. The fourth-order valence-electron chi connectivity index (χ4n) is 3.59. The van der Waals surface area contributed by atoms with Crippen molar-refractivity contribution in [2.24, 2.45) is 4.40 Å². The first-order valence-corrected chi connectivity index (χ1v) is 11.7. The zero-order valence-electron chi connectivity index (χ0n) is 16.8. The van der Waals surface area contributed by atoms with Crippen molar-refractivity contribution in [3.05, 3.63) is 93.5 Å². The van der Waals surface area contributed by atoms with Crippen molar-refractivity contribution in [2.75, 3.05) is 5.32 Å². The number of hydrogen-bond acceptors (Lipinski definition) is 5. The fourth-order valence-corrected chi connectivity index (χ4v) is 5.56. The number of nitrogens with zero attached hydrogens (tertiary/aromatic N) is 1. The highest BCUT2D eigenvalue weighted by molar-refractivity contribution is 7.92. The van der Waals surface area contributed by atoms with Crippen molar-refractivity contribution in [3.8, 4) is 0 Å². The van der Waals surface area contributed by atoms with Crippen LogP contribution in [0.4, 0.5) is 5.69 Å². The van der Waals surface area contributed by atoms with Crippen LogP contribution in [0, 0.1) is 20.8 Å². The van der Waals surface area contributed by atoms with Gasteiger partial charge >= 0.3 is 0 Å². The third kappa shape index (κ3) is 3.74. The average Bonchev–Trinajstić information content (AvgIpc) is 3.23. The fraction of sp³-hybridized carbons (Fsp3) is 0.130. The lowest BCUT2D eigenvalue weighted by Crippen LogP contribution is -2.23. The summed E-state index contributed by atoms with van der Waals surface area (Å²) in [7, 11) is -3.87. The van der Waals surface area contributed by atoms with Gasteiger partial charge in [0, 0.05) is 16.8 Å². The summed E-state index contributed by atoms with van der Waals surface area (Å²) in [5.74, 6) is -0.197. The normalized spacial score (nSPS) is 15.1. The Morgan fingerprint density at radius 2 is 1.60 bits per heavy atom. The van der Waals surface area contributed by atoms with Crippen molar-refractivity contribution < 1.29 is 13.2 Å². The number of thiophene rings is 1. The topological polar surface area (TPSA) is 75.6 Å². The minimum Gasteiger partial charge on any atom is -0.352 e. The average molecular weight is 437 g/mol. The number of carbonyl (C=O) groups is 1. The summed E-state index contributed by atoms with van der Waals surface area (Å²) in [5, 5.41) is 4.92. The zero-order chi connectivity index (χ0) is 21.5. The van der Waals surface area contributed by atoms with E-state index in [-0.39, 0.29) is 15.7 Å². The molecule has 0 radical (unpaired) electrons. The molecule has 152 valence electrons. The molecule has 1 aliphatic carbocycles. The number of nitrogens with one attached hydrogen (secondary N) is 1. The van der Waals surface area contributed by atoms with Crippen LogP contribution in [0.15, 0.2) is 74.3 Å². The van der Waals surface area contributed by atoms with Crippen molar-refractivity contribution in [1.82, 2.24) is 0 Å². The van der Waals surface area contributed by atoms with Crippen LogP contribution in [-0.2, 0) is 10.0 Å². The molecule has 0 fully saturated rings. The molecule has 0 saturated carbocycles.